The van der Waals surface area contributed by atoms with Crippen molar-refractivity contribution in [2.24, 2.45) is 0 Å². The van der Waals surface area contributed by atoms with E-state index in [0.29, 0.717) is 0 Å². The van der Waals surface area contributed by atoms with E-state index in [1.54, 1.807) is 0 Å². The van der Waals surface area contributed by atoms with E-state index in [1.165, 1.54) is 96.2 Å². The van der Waals surface area contributed by atoms with Crippen molar-refractivity contribution in [3.63, 3.8) is 0 Å². The van der Waals surface area contributed by atoms with Crippen LogP contribution in [-0.2, 0) is 12.8 Å². The van der Waals surface area contributed by atoms with Crippen LogP contribution in [0.1, 0.15) is 76.3 Å². The number of benzene rings is 1. The molecule has 1 aromatic carbocycles. The molecule has 0 saturated carbocycles. The molecule has 31 heavy (non-hydrogen) atoms. The first-order chi connectivity index (χ1) is 15.3. The van der Waals surface area contributed by atoms with Crippen molar-refractivity contribution in [3.8, 4) is 20.9 Å². The van der Waals surface area contributed by atoms with Gasteiger partial charge in [0.15, 0.2) is 0 Å². The van der Waals surface area contributed by atoms with Gasteiger partial charge >= 0.3 is 202 Å². The fourth-order valence-electron chi connectivity index (χ4n) is 4.26. The van der Waals surface area contributed by atoms with Crippen LogP contribution in [0.3, 0.4) is 0 Å². The maximum atomic E-state index is 4.90. The molecule has 0 spiro atoms. The molecular weight excluding hydrogens is 483 g/mol. The molecule has 2 nitrogen and oxygen atoms in total. The molecule has 4 rings (SSSR count). The molecule has 0 radical (unpaired) electrons. The van der Waals surface area contributed by atoms with Crippen molar-refractivity contribution < 1.29 is 0 Å². The summed E-state index contributed by atoms with van der Waals surface area (Å²) in [7, 11) is 0. The first kappa shape index (κ1) is 22.9. The predicted molar refractivity (Wildman–Crippen MR) is 139 cm³/mol. The fraction of sp³-hybridized carbons (Fsp3) is 0.462. The van der Waals surface area contributed by atoms with Crippen molar-refractivity contribution in [2.45, 2.75) is 78.1 Å². The van der Waals surface area contributed by atoms with Crippen molar-refractivity contribution in [3.05, 3.63) is 46.2 Å². The fourth-order valence-corrected chi connectivity index (χ4v) is 7.42. The van der Waals surface area contributed by atoms with Crippen LogP contribution in [-0.4, -0.2) is 22.9 Å². The number of aromatic nitrogens is 2. The van der Waals surface area contributed by atoms with Gasteiger partial charge in [0.05, 0.1) is 0 Å². The Balaban J connectivity index is 1.61. The Hall–Kier alpha value is -1.26. The minimum atomic E-state index is -0.0235. The summed E-state index contributed by atoms with van der Waals surface area (Å²) in [6, 6.07) is 9.27. The molecule has 164 valence electrons. The number of hydrogen-bond donors (Lipinski definition) is 0. The van der Waals surface area contributed by atoms with Crippen LogP contribution in [0.25, 0.3) is 31.9 Å². The molecule has 0 amide bonds. The van der Waals surface area contributed by atoms with E-state index in [-0.39, 0.29) is 15.0 Å². The van der Waals surface area contributed by atoms with Gasteiger partial charge in [0, 0.05) is 0 Å². The SMILES string of the molecule is CCCCCCc1ccsc1-c1ccc(-c2sccc2CCCCCC)c2n[se]nc12. The summed E-state index contributed by atoms with van der Waals surface area (Å²) in [5, 5.41) is 4.49. The number of unbranched alkanes of at least 4 members (excludes halogenated alkanes) is 6. The monoisotopic (exact) mass is 516 g/mol. The Morgan fingerprint density at radius 3 is 1.58 bits per heavy atom. The normalized spacial score (nSPS) is 11.5. The molecule has 0 aliphatic heterocycles. The zero-order valence-corrected chi connectivity index (χ0v) is 22.0. The molecule has 0 saturated heterocycles. The number of nitrogens with zero attached hydrogens (tertiary/aromatic N) is 2. The van der Waals surface area contributed by atoms with E-state index < -0.39 is 0 Å². The van der Waals surface area contributed by atoms with Crippen LogP contribution in [0.15, 0.2) is 35.0 Å². The summed E-state index contributed by atoms with van der Waals surface area (Å²) in [6.07, 6.45) is 12.8. The van der Waals surface area contributed by atoms with E-state index in [4.69, 9.17) is 7.96 Å². The first-order valence-electron chi connectivity index (χ1n) is 11.7. The Morgan fingerprint density at radius 1 is 0.645 bits per heavy atom. The van der Waals surface area contributed by atoms with Gasteiger partial charge in [-0.25, -0.2) is 0 Å². The van der Waals surface area contributed by atoms with Crippen molar-refractivity contribution >= 4 is 48.7 Å². The minimum absolute atomic E-state index is 0.0235. The summed E-state index contributed by atoms with van der Waals surface area (Å²) < 4.78 is 9.80. The van der Waals surface area contributed by atoms with Gasteiger partial charge < -0.3 is 0 Å². The molecule has 0 bridgehead atoms. The third kappa shape index (κ3) is 5.39. The quantitative estimate of drug-likeness (QED) is 0.140. The Labute approximate surface area is 201 Å². The van der Waals surface area contributed by atoms with Crippen LogP contribution >= 0.6 is 22.7 Å². The summed E-state index contributed by atoms with van der Waals surface area (Å²) >= 11 is 3.70. The standard InChI is InChI=1S/C26H32N2S2Se/c1-3-5-7-9-11-19-15-17-29-25(19)21-13-14-22(24-23(21)27-31-28-24)26-20(16-18-30-26)12-10-8-6-4-2/h13-18H,3-12H2,1-2H3. The first-order valence-corrected chi connectivity index (χ1v) is 15.0. The Kier molecular flexibility index (Phi) is 8.55. The Morgan fingerprint density at radius 2 is 1.13 bits per heavy atom. The van der Waals surface area contributed by atoms with Crippen LogP contribution in [0, 0.1) is 0 Å². The van der Waals surface area contributed by atoms with Crippen LogP contribution in [0.2, 0.25) is 0 Å². The number of aryl methyl sites for hydroxylation is 2. The maximum absolute atomic E-state index is 4.90. The average Bonchev–Trinajstić information content (AvgIpc) is 3.54. The predicted octanol–water partition coefficient (Wildman–Crippen LogP) is 8.39. The third-order valence-electron chi connectivity index (χ3n) is 6.00. The van der Waals surface area contributed by atoms with Crippen molar-refractivity contribution in [1.82, 2.24) is 7.96 Å². The van der Waals surface area contributed by atoms with Crippen LogP contribution in [0.5, 0.6) is 0 Å². The molecule has 3 aromatic heterocycles. The second-order valence-electron chi connectivity index (χ2n) is 8.29. The molecule has 0 N–H and O–H groups in total. The summed E-state index contributed by atoms with van der Waals surface area (Å²) in [5.74, 6) is 0. The van der Waals surface area contributed by atoms with Gasteiger partial charge in [0.1, 0.15) is 0 Å². The summed E-state index contributed by atoms with van der Waals surface area (Å²) in [4.78, 5) is 2.81. The van der Waals surface area contributed by atoms with Gasteiger partial charge in [-0.05, 0) is 0 Å². The van der Waals surface area contributed by atoms with E-state index in [0.717, 1.165) is 11.0 Å². The molecule has 0 aliphatic rings. The molecule has 0 fully saturated rings. The summed E-state index contributed by atoms with van der Waals surface area (Å²) in [6.45, 7) is 4.55. The van der Waals surface area contributed by atoms with Crippen LogP contribution in [0.4, 0.5) is 0 Å². The topological polar surface area (TPSA) is 25.8 Å². The van der Waals surface area contributed by atoms with E-state index >= 15 is 0 Å². The zero-order valence-electron chi connectivity index (χ0n) is 18.7. The number of thiophene rings is 2. The second-order valence-corrected chi connectivity index (χ2v) is 11.2. The van der Waals surface area contributed by atoms with Gasteiger partial charge in [-0.1, -0.05) is 0 Å². The van der Waals surface area contributed by atoms with Gasteiger partial charge in [0.2, 0.25) is 0 Å². The molecule has 0 unspecified atom stereocenters. The molecule has 5 heteroatoms. The van der Waals surface area contributed by atoms with Crippen molar-refractivity contribution in [2.75, 3.05) is 0 Å². The number of fused-ring (bicyclic) bond motifs is 1. The van der Waals surface area contributed by atoms with Gasteiger partial charge in [-0.2, -0.15) is 0 Å². The van der Waals surface area contributed by atoms with Crippen LogP contribution < -0.4 is 0 Å². The number of rotatable bonds is 12. The average molecular weight is 516 g/mol. The molecular formula is C26H32N2S2Se. The van der Waals surface area contributed by atoms with E-state index in [9.17, 15) is 0 Å². The second kappa shape index (κ2) is 11.6. The summed E-state index contributed by atoms with van der Waals surface area (Å²) in [5.41, 5.74) is 7.84. The van der Waals surface area contributed by atoms with E-state index in [2.05, 4.69) is 48.9 Å². The molecule has 0 aliphatic carbocycles. The zero-order chi connectivity index (χ0) is 21.5. The number of hydrogen-bond acceptors (Lipinski definition) is 4. The molecule has 0 atom stereocenters. The van der Waals surface area contributed by atoms with Crippen molar-refractivity contribution in [1.29, 1.82) is 0 Å². The molecule has 3 heterocycles. The van der Waals surface area contributed by atoms with Gasteiger partial charge in [-0.15, -0.1) is 0 Å². The van der Waals surface area contributed by atoms with Gasteiger partial charge in [-0.3, -0.25) is 0 Å². The Bertz CT molecular complexity index is 1010. The van der Waals surface area contributed by atoms with Gasteiger partial charge in [0.25, 0.3) is 0 Å². The third-order valence-corrected chi connectivity index (χ3v) is 9.09. The van der Waals surface area contributed by atoms with E-state index in [1.807, 2.05) is 22.7 Å². The molecule has 4 aromatic rings.